The second kappa shape index (κ2) is 8.31. The maximum absolute atomic E-state index is 12.7. The molecule has 1 amide bonds. The molecule has 3 aromatic carbocycles. The van der Waals surface area contributed by atoms with Crippen molar-refractivity contribution in [2.24, 2.45) is 0 Å². The van der Waals surface area contributed by atoms with Gasteiger partial charge in [-0.2, -0.15) is 13.2 Å². The average Bonchev–Trinajstić information content (AvgIpc) is 2.68. The van der Waals surface area contributed by atoms with E-state index in [-0.39, 0.29) is 17.8 Å². The molecule has 0 aliphatic carbocycles. The molecule has 0 unspecified atom stereocenters. The van der Waals surface area contributed by atoms with Crippen LogP contribution < -0.4 is 5.32 Å². The van der Waals surface area contributed by atoms with Crippen molar-refractivity contribution >= 4 is 17.4 Å². The fourth-order valence-corrected chi connectivity index (χ4v) is 2.94. The van der Waals surface area contributed by atoms with Gasteiger partial charge in [-0.15, -0.1) is 0 Å². The van der Waals surface area contributed by atoms with E-state index in [1.54, 1.807) is 24.3 Å². The fourth-order valence-electron chi connectivity index (χ4n) is 2.94. The van der Waals surface area contributed by atoms with Crippen molar-refractivity contribution in [3.05, 3.63) is 101 Å². The highest BCUT2D eigenvalue weighted by Crippen LogP contribution is 2.29. The third-order valence-electron chi connectivity index (χ3n) is 4.40. The minimum absolute atomic E-state index is 0.0685. The number of carbonyl (C=O) groups excluding carboxylic acids is 2. The van der Waals surface area contributed by atoms with E-state index >= 15 is 0 Å². The summed E-state index contributed by atoms with van der Waals surface area (Å²) in [4.78, 5) is 25.2. The number of amides is 1. The first kappa shape index (κ1) is 20.3. The number of carbonyl (C=O) groups is 2. The Labute approximate surface area is 166 Å². The maximum Gasteiger partial charge on any atom is 0.416 e. The van der Waals surface area contributed by atoms with Crippen molar-refractivity contribution in [3.63, 3.8) is 0 Å². The largest absolute Gasteiger partial charge is 0.416 e. The summed E-state index contributed by atoms with van der Waals surface area (Å²) in [6, 6.07) is 18.1. The Morgan fingerprint density at radius 1 is 0.897 bits per heavy atom. The summed E-state index contributed by atoms with van der Waals surface area (Å²) in [7, 11) is 0. The van der Waals surface area contributed by atoms with Crippen molar-refractivity contribution in [1.82, 2.24) is 0 Å². The standard InChI is InChI=1S/C23H18F3NO2/c1-15-5-4-6-16(13-15)14-21(28)19-7-2-3-8-20(19)27-22(29)17-9-11-18(12-10-17)23(24,25)26/h2-13H,14H2,1H3,(H,27,29). The summed E-state index contributed by atoms with van der Waals surface area (Å²) in [6.45, 7) is 1.94. The first-order chi connectivity index (χ1) is 13.7. The van der Waals surface area contributed by atoms with Crippen molar-refractivity contribution in [2.75, 3.05) is 5.32 Å². The number of Topliss-reactive ketones (excluding diaryl/α,β-unsaturated/α-hetero) is 1. The van der Waals surface area contributed by atoms with E-state index in [1.165, 1.54) is 0 Å². The lowest BCUT2D eigenvalue weighted by molar-refractivity contribution is -0.137. The number of rotatable bonds is 5. The number of hydrogen-bond donors (Lipinski definition) is 1. The molecule has 0 aliphatic heterocycles. The molecule has 0 aliphatic rings. The highest BCUT2D eigenvalue weighted by Gasteiger charge is 2.30. The lowest BCUT2D eigenvalue weighted by atomic mass is 10.00. The van der Waals surface area contributed by atoms with Gasteiger partial charge in [-0.05, 0) is 48.9 Å². The van der Waals surface area contributed by atoms with Crippen LogP contribution in [0.1, 0.15) is 37.4 Å². The first-order valence-corrected chi connectivity index (χ1v) is 8.90. The zero-order chi connectivity index (χ0) is 21.0. The van der Waals surface area contributed by atoms with Gasteiger partial charge in [0, 0.05) is 17.5 Å². The van der Waals surface area contributed by atoms with E-state index in [1.807, 2.05) is 31.2 Å². The molecule has 3 rings (SSSR count). The molecule has 0 saturated carbocycles. The quantitative estimate of drug-likeness (QED) is 0.562. The third kappa shape index (κ3) is 5.10. The maximum atomic E-state index is 12.7. The van der Waals surface area contributed by atoms with Crippen LogP contribution in [0.2, 0.25) is 0 Å². The summed E-state index contributed by atoms with van der Waals surface area (Å²) in [5.74, 6) is -0.756. The van der Waals surface area contributed by atoms with Crippen molar-refractivity contribution < 1.29 is 22.8 Å². The summed E-state index contributed by atoms with van der Waals surface area (Å²) in [5.41, 5.74) is 1.80. The van der Waals surface area contributed by atoms with Gasteiger partial charge < -0.3 is 5.32 Å². The lowest BCUT2D eigenvalue weighted by Crippen LogP contribution is -2.16. The molecule has 29 heavy (non-hydrogen) atoms. The van der Waals surface area contributed by atoms with Gasteiger partial charge in [0.25, 0.3) is 5.91 Å². The van der Waals surface area contributed by atoms with Gasteiger partial charge in [-0.25, -0.2) is 0 Å². The van der Waals surface area contributed by atoms with Gasteiger partial charge in [-0.1, -0.05) is 42.0 Å². The topological polar surface area (TPSA) is 46.2 Å². The summed E-state index contributed by atoms with van der Waals surface area (Å²) in [5, 5.41) is 2.62. The van der Waals surface area contributed by atoms with Crippen LogP contribution in [0.15, 0.2) is 72.8 Å². The number of benzene rings is 3. The number of hydrogen-bond acceptors (Lipinski definition) is 2. The molecule has 0 saturated heterocycles. The van der Waals surface area contributed by atoms with Crippen LogP contribution in [-0.4, -0.2) is 11.7 Å². The molecule has 3 nitrogen and oxygen atoms in total. The van der Waals surface area contributed by atoms with Crippen LogP contribution >= 0.6 is 0 Å². The van der Waals surface area contributed by atoms with Gasteiger partial charge >= 0.3 is 6.18 Å². The van der Waals surface area contributed by atoms with E-state index < -0.39 is 17.6 Å². The number of para-hydroxylation sites is 1. The fraction of sp³-hybridized carbons (Fsp3) is 0.130. The second-order valence-electron chi connectivity index (χ2n) is 6.66. The van der Waals surface area contributed by atoms with Gasteiger partial charge in [-0.3, -0.25) is 9.59 Å². The molecule has 0 spiro atoms. The van der Waals surface area contributed by atoms with E-state index in [4.69, 9.17) is 0 Å². The third-order valence-corrected chi connectivity index (χ3v) is 4.40. The molecular weight excluding hydrogens is 379 g/mol. The summed E-state index contributed by atoms with van der Waals surface area (Å²) >= 11 is 0. The minimum atomic E-state index is -4.47. The second-order valence-corrected chi connectivity index (χ2v) is 6.66. The molecule has 0 fully saturated rings. The molecule has 6 heteroatoms. The van der Waals surface area contributed by atoms with Crippen molar-refractivity contribution in [3.8, 4) is 0 Å². The van der Waals surface area contributed by atoms with Crippen LogP contribution in [-0.2, 0) is 12.6 Å². The Kier molecular flexibility index (Phi) is 5.82. The average molecular weight is 397 g/mol. The predicted molar refractivity (Wildman–Crippen MR) is 105 cm³/mol. The number of nitrogens with one attached hydrogen (secondary N) is 1. The molecule has 3 aromatic rings. The lowest BCUT2D eigenvalue weighted by Gasteiger charge is -2.12. The van der Waals surface area contributed by atoms with E-state index in [0.717, 1.165) is 35.4 Å². The van der Waals surface area contributed by atoms with Crippen LogP contribution in [0.5, 0.6) is 0 Å². The molecule has 0 radical (unpaired) electrons. The Morgan fingerprint density at radius 2 is 1.59 bits per heavy atom. The molecule has 0 heterocycles. The Balaban J connectivity index is 1.78. The first-order valence-electron chi connectivity index (χ1n) is 8.90. The van der Waals surface area contributed by atoms with Crippen molar-refractivity contribution in [2.45, 2.75) is 19.5 Å². The summed E-state index contributed by atoms with van der Waals surface area (Å²) < 4.78 is 38.0. The van der Waals surface area contributed by atoms with Crippen LogP contribution in [0.25, 0.3) is 0 Å². The van der Waals surface area contributed by atoms with Gasteiger partial charge in [0.1, 0.15) is 0 Å². The van der Waals surface area contributed by atoms with Gasteiger partial charge in [0.15, 0.2) is 5.78 Å². The molecule has 0 bridgehead atoms. The number of ketones is 1. The smallest absolute Gasteiger partial charge is 0.321 e. The van der Waals surface area contributed by atoms with E-state index in [0.29, 0.717) is 11.3 Å². The Bertz CT molecular complexity index is 1040. The molecule has 0 aromatic heterocycles. The Morgan fingerprint density at radius 3 is 2.24 bits per heavy atom. The zero-order valence-electron chi connectivity index (χ0n) is 15.6. The van der Waals surface area contributed by atoms with E-state index in [9.17, 15) is 22.8 Å². The number of anilines is 1. The number of alkyl halides is 3. The van der Waals surface area contributed by atoms with E-state index in [2.05, 4.69) is 5.32 Å². The highest BCUT2D eigenvalue weighted by molar-refractivity contribution is 6.09. The van der Waals surface area contributed by atoms with Gasteiger partial charge in [0.2, 0.25) is 0 Å². The van der Waals surface area contributed by atoms with Crippen LogP contribution in [0.3, 0.4) is 0 Å². The predicted octanol–water partition coefficient (Wildman–Crippen LogP) is 5.69. The normalized spacial score (nSPS) is 11.2. The highest BCUT2D eigenvalue weighted by atomic mass is 19.4. The SMILES string of the molecule is Cc1cccc(CC(=O)c2ccccc2NC(=O)c2ccc(C(F)(F)F)cc2)c1. The zero-order valence-corrected chi connectivity index (χ0v) is 15.6. The number of halogens is 3. The monoisotopic (exact) mass is 397 g/mol. The Hall–Kier alpha value is -3.41. The molecule has 148 valence electrons. The molecule has 0 atom stereocenters. The van der Waals surface area contributed by atoms with Crippen LogP contribution in [0.4, 0.5) is 18.9 Å². The van der Waals surface area contributed by atoms with Crippen molar-refractivity contribution in [1.29, 1.82) is 0 Å². The molecular formula is C23H18F3NO2. The minimum Gasteiger partial charge on any atom is -0.321 e. The molecule has 1 N–H and O–H groups in total. The summed E-state index contributed by atoms with van der Waals surface area (Å²) in [6.07, 6.45) is -4.29. The number of aryl methyl sites for hydroxylation is 1. The van der Waals surface area contributed by atoms with Crippen LogP contribution in [0, 0.1) is 6.92 Å². The van der Waals surface area contributed by atoms with Gasteiger partial charge in [0.05, 0.1) is 11.3 Å².